The number of allylic oxidation sites excluding steroid dienone is 5. The summed E-state index contributed by atoms with van der Waals surface area (Å²) in [5.41, 5.74) is 0. The molecule has 0 spiro atoms. The highest BCUT2D eigenvalue weighted by Crippen LogP contribution is 2.10. The maximum Gasteiger partial charge on any atom is 0.111 e. The van der Waals surface area contributed by atoms with Gasteiger partial charge in [0.1, 0.15) is 6.10 Å². The molecule has 1 atom stereocenters. The van der Waals surface area contributed by atoms with Gasteiger partial charge in [0.15, 0.2) is 0 Å². The third-order valence-corrected chi connectivity index (χ3v) is 3.22. The van der Waals surface area contributed by atoms with Crippen molar-refractivity contribution >= 4 is 5.97 Å². The van der Waals surface area contributed by atoms with Crippen LogP contribution in [0.25, 0.3) is 0 Å². The van der Waals surface area contributed by atoms with Gasteiger partial charge in [-0.3, -0.25) is 5.26 Å². The fourth-order valence-corrected chi connectivity index (χ4v) is 2.00. The first-order valence-corrected chi connectivity index (χ1v) is 8.17. The molecule has 0 unspecified atom stereocenters. The van der Waals surface area contributed by atoms with E-state index in [9.17, 15) is 9.90 Å². The number of aliphatic carboxylic acids is 1. The summed E-state index contributed by atoms with van der Waals surface area (Å²) < 4.78 is 0. The standard InChI is InChI=1S/C18H30O4/c1-2-3-4-5-6-7-8-11-14-17(22-21)15-12-9-10-13-16-18(19)20/h3-4,6-7,11,14,17,21H,2,5,8-10,12-13,15-16H2,1H3,(H,19,20)/p-1/b4-3-,7-6-,14-11-/t17-/m0/s1. The summed E-state index contributed by atoms with van der Waals surface area (Å²) in [6, 6.07) is 0. The third kappa shape index (κ3) is 15.0. The van der Waals surface area contributed by atoms with Crippen LogP contribution in [-0.4, -0.2) is 17.3 Å². The second kappa shape index (κ2) is 16.0. The molecule has 4 heteroatoms. The molecule has 0 bridgehead atoms. The SMILES string of the molecule is CC/C=C\C/C=C\C/C=C\[C@@H](CCCCCCC(=O)[O-])OO. The average molecular weight is 309 g/mol. The summed E-state index contributed by atoms with van der Waals surface area (Å²) in [5, 5.41) is 19.1. The molecule has 0 aromatic rings. The Labute approximate surface area is 134 Å². The number of hydrogen-bond donors (Lipinski definition) is 1. The van der Waals surface area contributed by atoms with Gasteiger partial charge in [0.05, 0.1) is 0 Å². The lowest BCUT2D eigenvalue weighted by molar-refractivity contribution is -0.305. The smallest absolute Gasteiger partial charge is 0.111 e. The molecule has 22 heavy (non-hydrogen) atoms. The minimum absolute atomic E-state index is 0.125. The van der Waals surface area contributed by atoms with Gasteiger partial charge in [0.25, 0.3) is 0 Å². The van der Waals surface area contributed by atoms with Crippen LogP contribution >= 0.6 is 0 Å². The summed E-state index contributed by atoms with van der Waals surface area (Å²) in [5.74, 6) is -0.988. The molecule has 126 valence electrons. The van der Waals surface area contributed by atoms with E-state index in [-0.39, 0.29) is 12.5 Å². The van der Waals surface area contributed by atoms with E-state index < -0.39 is 5.97 Å². The summed E-state index contributed by atoms with van der Waals surface area (Å²) in [6.07, 6.45) is 19.1. The first kappa shape index (κ1) is 20.6. The molecule has 0 rings (SSSR count). The van der Waals surface area contributed by atoms with Crippen LogP contribution in [-0.2, 0) is 9.68 Å². The van der Waals surface area contributed by atoms with E-state index >= 15 is 0 Å². The summed E-state index contributed by atoms with van der Waals surface area (Å²) in [7, 11) is 0. The van der Waals surface area contributed by atoms with E-state index in [1.54, 1.807) is 0 Å². The lowest BCUT2D eigenvalue weighted by Gasteiger charge is -2.08. The van der Waals surface area contributed by atoms with Crippen LogP contribution in [0.2, 0.25) is 0 Å². The maximum atomic E-state index is 10.2. The van der Waals surface area contributed by atoms with Gasteiger partial charge in [-0.25, -0.2) is 4.89 Å². The molecule has 0 heterocycles. The Hall–Kier alpha value is -1.39. The lowest BCUT2D eigenvalue weighted by Crippen LogP contribution is -2.21. The zero-order valence-corrected chi connectivity index (χ0v) is 13.6. The van der Waals surface area contributed by atoms with Crippen LogP contribution in [0.1, 0.15) is 64.7 Å². The van der Waals surface area contributed by atoms with E-state index in [0.717, 1.165) is 44.9 Å². The van der Waals surface area contributed by atoms with E-state index in [1.807, 2.05) is 12.2 Å². The third-order valence-electron chi connectivity index (χ3n) is 3.22. The van der Waals surface area contributed by atoms with E-state index in [0.29, 0.717) is 6.42 Å². The molecule has 4 nitrogen and oxygen atoms in total. The molecule has 0 aromatic heterocycles. The first-order valence-electron chi connectivity index (χ1n) is 8.17. The number of carboxylic acid groups (broad SMARTS) is 1. The molecule has 0 amide bonds. The number of unbranched alkanes of at least 4 members (excludes halogenated alkanes) is 3. The van der Waals surface area contributed by atoms with Gasteiger partial charge in [0.2, 0.25) is 0 Å². The van der Waals surface area contributed by atoms with Crippen LogP contribution in [0, 0.1) is 0 Å². The second-order valence-electron chi connectivity index (χ2n) is 5.22. The van der Waals surface area contributed by atoms with Crippen LogP contribution < -0.4 is 5.11 Å². The Bertz CT molecular complexity index is 345. The van der Waals surface area contributed by atoms with E-state index in [2.05, 4.69) is 36.1 Å². The predicted octanol–water partition coefficient (Wildman–Crippen LogP) is 3.79. The molecular weight excluding hydrogens is 280 g/mol. The monoisotopic (exact) mass is 309 g/mol. The van der Waals surface area contributed by atoms with Crippen LogP contribution in [0.4, 0.5) is 0 Å². The normalized spacial score (nSPS) is 13.5. The Morgan fingerprint density at radius 3 is 2.32 bits per heavy atom. The number of carbonyl (C=O) groups is 1. The van der Waals surface area contributed by atoms with Crippen molar-refractivity contribution in [2.24, 2.45) is 0 Å². The predicted molar refractivity (Wildman–Crippen MR) is 87.2 cm³/mol. The topological polar surface area (TPSA) is 69.6 Å². The molecule has 0 fully saturated rings. The Morgan fingerprint density at radius 2 is 1.68 bits per heavy atom. The molecule has 0 radical (unpaired) electrons. The number of carbonyl (C=O) groups excluding carboxylic acids is 1. The van der Waals surface area contributed by atoms with Crippen molar-refractivity contribution in [2.75, 3.05) is 0 Å². The fraction of sp³-hybridized carbons (Fsp3) is 0.611. The Kier molecular flexibility index (Phi) is 15.0. The van der Waals surface area contributed by atoms with Crippen molar-refractivity contribution in [2.45, 2.75) is 70.8 Å². The van der Waals surface area contributed by atoms with Gasteiger partial charge in [-0.2, -0.15) is 0 Å². The quantitative estimate of drug-likeness (QED) is 0.229. The molecule has 1 N–H and O–H groups in total. The van der Waals surface area contributed by atoms with Crippen molar-refractivity contribution in [3.05, 3.63) is 36.5 Å². The van der Waals surface area contributed by atoms with Crippen LogP contribution in [0.15, 0.2) is 36.5 Å². The van der Waals surface area contributed by atoms with Gasteiger partial charge in [-0.15, -0.1) is 0 Å². The Balaban J connectivity index is 3.66. The van der Waals surface area contributed by atoms with E-state index in [1.165, 1.54) is 0 Å². The minimum Gasteiger partial charge on any atom is -0.550 e. The van der Waals surface area contributed by atoms with E-state index in [4.69, 9.17) is 5.26 Å². The molecule has 0 aliphatic rings. The van der Waals surface area contributed by atoms with Crippen molar-refractivity contribution in [1.29, 1.82) is 0 Å². The summed E-state index contributed by atoms with van der Waals surface area (Å²) >= 11 is 0. The molecule has 0 aliphatic carbocycles. The van der Waals surface area contributed by atoms with Crippen LogP contribution in [0.3, 0.4) is 0 Å². The lowest BCUT2D eigenvalue weighted by atomic mass is 10.1. The van der Waals surface area contributed by atoms with Crippen molar-refractivity contribution in [1.82, 2.24) is 0 Å². The highest BCUT2D eigenvalue weighted by Gasteiger charge is 2.03. The molecule has 0 saturated heterocycles. The van der Waals surface area contributed by atoms with Gasteiger partial charge < -0.3 is 9.90 Å². The van der Waals surface area contributed by atoms with Crippen molar-refractivity contribution in [3.8, 4) is 0 Å². The fourth-order valence-electron chi connectivity index (χ4n) is 2.00. The number of hydrogen-bond acceptors (Lipinski definition) is 4. The molecule has 0 aliphatic heterocycles. The average Bonchev–Trinajstić information content (AvgIpc) is 2.50. The van der Waals surface area contributed by atoms with Crippen LogP contribution in [0.5, 0.6) is 0 Å². The second-order valence-corrected chi connectivity index (χ2v) is 5.22. The van der Waals surface area contributed by atoms with Gasteiger partial charge in [0, 0.05) is 5.97 Å². The highest BCUT2D eigenvalue weighted by atomic mass is 17.1. The minimum atomic E-state index is -0.988. The van der Waals surface area contributed by atoms with Gasteiger partial charge in [-0.1, -0.05) is 62.6 Å². The molecule has 0 saturated carbocycles. The number of rotatable bonds is 14. The molecular formula is C18H29O4-. The van der Waals surface area contributed by atoms with Crippen molar-refractivity contribution in [3.63, 3.8) is 0 Å². The summed E-state index contributed by atoms with van der Waals surface area (Å²) in [6.45, 7) is 2.11. The number of carboxylic acids is 1. The molecule has 0 aromatic carbocycles. The first-order chi connectivity index (χ1) is 10.7. The Morgan fingerprint density at radius 1 is 1.05 bits per heavy atom. The van der Waals surface area contributed by atoms with Gasteiger partial charge >= 0.3 is 0 Å². The summed E-state index contributed by atoms with van der Waals surface area (Å²) in [4.78, 5) is 14.7. The largest absolute Gasteiger partial charge is 0.550 e. The zero-order valence-electron chi connectivity index (χ0n) is 13.6. The van der Waals surface area contributed by atoms with Gasteiger partial charge in [-0.05, 0) is 38.5 Å². The highest BCUT2D eigenvalue weighted by molar-refractivity contribution is 5.63. The van der Waals surface area contributed by atoms with Crippen molar-refractivity contribution < 1.29 is 20.0 Å². The zero-order chi connectivity index (χ0) is 16.5. The maximum absolute atomic E-state index is 10.2.